The molecule has 4 nitrogen and oxygen atoms in total. The Morgan fingerprint density at radius 2 is 1.87 bits per heavy atom. The lowest BCUT2D eigenvalue weighted by atomic mass is 10.3. The minimum Gasteiger partial charge on any atom is -0.481 e. The summed E-state index contributed by atoms with van der Waals surface area (Å²) in [5.41, 5.74) is 0. The highest BCUT2D eigenvalue weighted by Gasteiger charge is 2.09. The zero-order valence-electron chi connectivity index (χ0n) is 9.28. The van der Waals surface area contributed by atoms with Crippen LogP contribution in [0.15, 0.2) is 0 Å². The standard InChI is InChI=1S/C11H21NO3/c13-11(14)5-3-9-15-10-4-8-12-6-1-2-7-12/h1-10H2,(H,13,14). The molecule has 0 aromatic rings. The van der Waals surface area contributed by atoms with E-state index in [0.717, 1.165) is 19.6 Å². The molecule has 0 spiro atoms. The normalized spacial score (nSPS) is 17.1. The fourth-order valence-electron chi connectivity index (χ4n) is 1.82. The van der Waals surface area contributed by atoms with Crippen molar-refractivity contribution in [2.75, 3.05) is 32.8 Å². The zero-order valence-corrected chi connectivity index (χ0v) is 9.28. The maximum atomic E-state index is 10.2. The molecule has 15 heavy (non-hydrogen) atoms. The minimum atomic E-state index is -0.740. The van der Waals surface area contributed by atoms with Crippen LogP contribution in [0.1, 0.15) is 32.1 Å². The van der Waals surface area contributed by atoms with Crippen LogP contribution < -0.4 is 0 Å². The summed E-state index contributed by atoms with van der Waals surface area (Å²) in [6.07, 6.45) is 4.57. The predicted molar refractivity (Wildman–Crippen MR) is 58.0 cm³/mol. The predicted octanol–water partition coefficient (Wildman–Crippen LogP) is 1.35. The number of carboxylic acid groups (broad SMARTS) is 1. The Kier molecular flexibility index (Phi) is 6.36. The number of nitrogens with zero attached hydrogens (tertiary/aromatic N) is 1. The molecule has 0 amide bonds. The van der Waals surface area contributed by atoms with Crippen molar-refractivity contribution >= 4 is 5.97 Å². The third-order valence-electron chi connectivity index (χ3n) is 2.64. The van der Waals surface area contributed by atoms with Gasteiger partial charge >= 0.3 is 5.97 Å². The summed E-state index contributed by atoms with van der Waals surface area (Å²) in [7, 11) is 0. The highest BCUT2D eigenvalue weighted by Crippen LogP contribution is 2.07. The van der Waals surface area contributed by atoms with Crippen LogP contribution >= 0.6 is 0 Å². The fraction of sp³-hybridized carbons (Fsp3) is 0.909. The van der Waals surface area contributed by atoms with E-state index < -0.39 is 5.97 Å². The number of aliphatic carboxylic acids is 1. The van der Waals surface area contributed by atoms with Crippen LogP contribution in [0.4, 0.5) is 0 Å². The van der Waals surface area contributed by atoms with Crippen LogP contribution in [0, 0.1) is 0 Å². The van der Waals surface area contributed by atoms with Crippen molar-refractivity contribution in [3.8, 4) is 0 Å². The third-order valence-corrected chi connectivity index (χ3v) is 2.64. The van der Waals surface area contributed by atoms with E-state index in [4.69, 9.17) is 9.84 Å². The molecule has 0 atom stereocenters. The van der Waals surface area contributed by atoms with Gasteiger partial charge in [-0.3, -0.25) is 4.79 Å². The van der Waals surface area contributed by atoms with Crippen molar-refractivity contribution < 1.29 is 14.6 Å². The van der Waals surface area contributed by atoms with Crippen molar-refractivity contribution in [3.63, 3.8) is 0 Å². The van der Waals surface area contributed by atoms with Crippen molar-refractivity contribution in [1.29, 1.82) is 0 Å². The van der Waals surface area contributed by atoms with E-state index in [9.17, 15) is 4.79 Å². The Balaban J connectivity index is 1.78. The van der Waals surface area contributed by atoms with Gasteiger partial charge in [0.25, 0.3) is 0 Å². The van der Waals surface area contributed by atoms with Gasteiger partial charge in [0.05, 0.1) is 0 Å². The maximum absolute atomic E-state index is 10.2. The molecule has 0 radical (unpaired) electrons. The summed E-state index contributed by atoms with van der Waals surface area (Å²) >= 11 is 0. The zero-order chi connectivity index (χ0) is 10.9. The average molecular weight is 215 g/mol. The molecule has 1 saturated heterocycles. The quantitative estimate of drug-likeness (QED) is 0.621. The van der Waals surface area contributed by atoms with E-state index in [0.29, 0.717) is 13.0 Å². The van der Waals surface area contributed by atoms with Gasteiger partial charge in [0.15, 0.2) is 0 Å². The summed E-state index contributed by atoms with van der Waals surface area (Å²) in [5, 5.41) is 8.40. The molecule has 0 aromatic heterocycles. The summed E-state index contributed by atoms with van der Waals surface area (Å²) in [5.74, 6) is -0.740. The molecule has 0 bridgehead atoms. The van der Waals surface area contributed by atoms with E-state index in [1.54, 1.807) is 0 Å². The highest BCUT2D eigenvalue weighted by atomic mass is 16.5. The van der Waals surface area contributed by atoms with Gasteiger partial charge in [-0.1, -0.05) is 0 Å². The number of hydrogen-bond acceptors (Lipinski definition) is 3. The molecule has 0 unspecified atom stereocenters. The number of hydrogen-bond donors (Lipinski definition) is 1. The molecule has 0 aromatic carbocycles. The fourth-order valence-corrected chi connectivity index (χ4v) is 1.82. The molecule has 1 rings (SSSR count). The lowest BCUT2D eigenvalue weighted by Crippen LogP contribution is -2.21. The van der Waals surface area contributed by atoms with Gasteiger partial charge in [-0.2, -0.15) is 0 Å². The maximum Gasteiger partial charge on any atom is 0.303 e. The van der Waals surface area contributed by atoms with E-state index in [2.05, 4.69) is 4.90 Å². The van der Waals surface area contributed by atoms with Crippen molar-refractivity contribution in [2.24, 2.45) is 0 Å². The van der Waals surface area contributed by atoms with Gasteiger partial charge in [0.2, 0.25) is 0 Å². The molecular formula is C11H21NO3. The van der Waals surface area contributed by atoms with Gasteiger partial charge in [-0.05, 0) is 38.8 Å². The number of ether oxygens (including phenoxy) is 1. The molecule has 1 fully saturated rings. The Bertz CT molecular complexity index is 179. The van der Waals surface area contributed by atoms with E-state index >= 15 is 0 Å². The molecule has 0 aliphatic carbocycles. The SMILES string of the molecule is O=C(O)CCCOCCCN1CCCC1. The topological polar surface area (TPSA) is 49.8 Å². The highest BCUT2D eigenvalue weighted by molar-refractivity contribution is 5.66. The Labute approximate surface area is 91.2 Å². The smallest absolute Gasteiger partial charge is 0.303 e. The molecular weight excluding hydrogens is 194 g/mol. The first-order valence-electron chi connectivity index (χ1n) is 5.81. The van der Waals surface area contributed by atoms with Crippen molar-refractivity contribution in [3.05, 3.63) is 0 Å². The van der Waals surface area contributed by atoms with Gasteiger partial charge in [-0.25, -0.2) is 0 Å². The summed E-state index contributed by atoms with van der Waals surface area (Å²) < 4.78 is 5.35. The summed E-state index contributed by atoms with van der Waals surface area (Å²) in [4.78, 5) is 12.7. The molecule has 0 saturated carbocycles. The Hall–Kier alpha value is -0.610. The number of carbonyl (C=O) groups is 1. The van der Waals surface area contributed by atoms with Crippen LogP contribution in [0.3, 0.4) is 0 Å². The van der Waals surface area contributed by atoms with Crippen molar-refractivity contribution in [1.82, 2.24) is 4.90 Å². The lowest BCUT2D eigenvalue weighted by molar-refractivity contribution is -0.137. The summed E-state index contributed by atoms with van der Waals surface area (Å²) in [6.45, 7) is 4.93. The number of carboxylic acids is 1. The van der Waals surface area contributed by atoms with Crippen LogP contribution in [-0.2, 0) is 9.53 Å². The molecule has 1 aliphatic rings. The van der Waals surface area contributed by atoms with E-state index in [1.165, 1.54) is 25.9 Å². The molecule has 1 aliphatic heterocycles. The minimum absolute atomic E-state index is 0.214. The molecule has 88 valence electrons. The van der Waals surface area contributed by atoms with Gasteiger partial charge in [0.1, 0.15) is 0 Å². The molecule has 1 N–H and O–H groups in total. The first kappa shape index (κ1) is 12.5. The van der Waals surface area contributed by atoms with Crippen LogP contribution in [0.2, 0.25) is 0 Å². The van der Waals surface area contributed by atoms with Gasteiger partial charge in [-0.15, -0.1) is 0 Å². The Morgan fingerprint density at radius 1 is 1.20 bits per heavy atom. The second kappa shape index (κ2) is 7.65. The number of rotatable bonds is 8. The lowest BCUT2D eigenvalue weighted by Gasteiger charge is -2.13. The first-order chi connectivity index (χ1) is 7.29. The number of likely N-dealkylation sites (tertiary alicyclic amines) is 1. The third kappa shape index (κ3) is 6.47. The summed E-state index contributed by atoms with van der Waals surface area (Å²) in [6, 6.07) is 0. The van der Waals surface area contributed by atoms with Gasteiger partial charge < -0.3 is 14.7 Å². The van der Waals surface area contributed by atoms with Gasteiger partial charge in [0, 0.05) is 26.2 Å². The average Bonchev–Trinajstić information content (AvgIpc) is 2.68. The van der Waals surface area contributed by atoms with E-state index in [1.807, 2.05) is 0 Å². The van der Waals surface area contributed by atoms with Crippen LogP contribution in [0.5, 0.6) is 0 Å². The first-order valence-corrected chi connectivity index (χ1v) is 5.81. The van der Waals surface area contributed by atoms with E-state index in [-0.39, 0.29) is 6.42 Å². The molecule has 4 heteroatoms. The van der Waals surface area contributed by atoms with Crippen molar-refractivity contribution in [2.45, 2.75) is 32.1 Å². The second-order valence-corrected chi connectivity index (χ2v) is 4.01. The monoisotopic (exact) mass is 215 g/mol. The second-order valence-electron chi connectivity index (χ2n) is 4.01. The molecule has 1 heterocycles. The van der Waals surface area contributed by atoms with Crippen LogP contribution in [-0.4, -0.2) is 48.8 Å². The largest absolute Gasteiger partial charge is 0.481 e. The van der Waals surface area contributed by atoms with Crippen LogP contribution in [0.25, 0.3) is 0 Å². The Morgan fingerprint density at radius 3 is 2.53 bits per heavy atom.